The van der Waals surface area contributed by atoms with Gasteiger partial charge in [-0.05, 0) is 24.1 Å². The third-order valence-corrected chi connectivity index (χ3v) is 3.41. The normalized spacial score (nSPS) is 10.9. The van der Waals surface area contributed by atoms with Crippen LogP contribution in [0.1, 0.15) is 30.6 Å². The third kappa shape index (κ3) is 3.29. The number of nitrogens with one attached hydrogen (secondary N) is 1. The van der Waals surface area contributed by atoms with Crippen LogP contribution in [0.25, 0.3) is 10.2 Å². The van der Waals surface area contributed by atoms with Gasteiger partial charge < -0.3 is 10.4 Å². The molecule has 2 N–H and O–H groups in total. The van der Waals surface area contributed by atoms with Gasteiger partial charge in [0, 0.05) is 6.42 Å². The van der Waals surface area contributed by atoms with Crippen molar-refractivity contribution < 1.29 is 14.7 Å². The number of carboxylic acids is 1. The van der Waals surface area contributed by atoms with Crippen molar-refractivity contribution in [3.8, 4) is 0 Å². The highest BCUT2D eigenvalue weighted by atomic mass is 32.1. The second kappa shape index (κ2) is 5.36. The lowest BCUT2D eigenvalue weighted by Gasteiger charge is -2.03. The van der Waals surface area contributed by atoms with Gasteiger partial charge in [-0.15, -0.1) is 0 Å². The van der Waals surface area contributed by atoms with E-state index in [0.717, 1.165) is 4.70 Å². The molecule has 19 heavy (non-hydrogen) atoms. The van der Waals surface area contributed by atoms with Gasteiger partial charge in [-0.25, -0.2) is 9.78 Å². The van der Waals surface area contributed by atoms with Crippen LogP contribution in [0.2, 0.25) is 0 Å². The Bertz CT molecular complexity index is 634. The number of hydrogen-bond donors (Lipinski definition) is 2. The van der Waals surface area contributed by atoms with Crippen molar-refractivity contribution in [2.45, 2.75) is 20.3 Å². The lowest BCUT2D eigenvalue weighted by atomic mass is 10.1. The van der Waals surface area contributed by atoms with Gasteiger partial charge in [0.15, 0.2) is 5.13 Å². The Morgan fingerprint density at radius 1 is 1.42 bits per heavy atom. The van der Waals surface area contributed by atoms with E-state index in [1.165, 1.54) is 17.4 Å². The first-order chi connectivity index (χ1) is 8.95. The van der Waals surface area contributed by atoms with E-state index in [1.54, 1.807) is 12.1 Å². The number of rotatable bonds is 4. The maximum atomic E-state index is 11.6. The molecule has 1 aromatic heterocycles. The molecule has 6 heteroatoms. The maximum Gasteiger partial charge on any atom is 0.335 e. The minimum Gasteiger partial charge on any atom is -0.478 e. The first-order valence-corrected chi connectivity index (χ1v) is 6.71. The van der Waals surface area contributed by atoms with Crippen LogP contribution >= 0.6 is 11.3 Å². The van der Waals surface area contributed by atoms with Crippen LogP contribution in [0.15, 0.2) is 18.2 Å². The number of hydrogen-bond acceptors (Lipinski definition) is 4. The number of carbonyl (C=O) groups is 2. The second-order valence-corrected chi connectivity index (χ2v) is 5.68. The summed E-state index contributed by atoms with van der Waals surface area (Å²) >= 11 is 1.28. The van der Waals surface area contributed by atoms with E-state index in [2.05, 4.69) is 10.3 Å². The molecule has 0 radical (unpaired) electrons. The number of carboxylic acid groups (broad SMARTS) is 1. The molecule has 2 rings (SSSR count). The van der Waals surface area contributed by atoms with Crippen molar-refractivity contribution in [1.82, 2.24) is 4.98 Å². The summed E-state index contributed by atoms with van der Waals surface area (Å²) in [4.78, 5) is 26.8. The molecule has 1 aromatic carbocycles. The summed E-state index contributed by atoms with van der Waals surface area (Å²) in [6, 6.07) is 4.71. The highest BCUT2D eigenvalue weighted by Crippen LogP contribution is 2.27. The molecule has 0 saturated carbocycles. The molecule has 0 aliphatic heterocycles. The molecule has 0 unspecified atom stereocenters. The number of carbonyl (C=O) groups excluding carboxylic acids is 1. The lowest BCUT2D eigenvalue weighted by molar-refractivity contribution is -0.116. The number of aromatic nitrogens is 1. The number of aromatic carboxylic acids is 1. The van der Waals surface area contributed by atoms with Crippen LogP contribution in [0, 0.1) is 5.92 Å². The van der Waals surface area contributed by atoms with Gasteiger partial charge in [0.05, 0.1) is 15.8 Å². The Balaban J connectivity index is 2.22. The standard InChI is InChI=1S/C13H14N2O3S/c1-7(2)5-11(16)15-13-14-9-4-3-8(12(17)18)6-10(9)19-13/h3-4,6-7H,5H2,1-2H3,(H,17,18)(H,14,15,16). The fourth-order valence-corrected chi connectivity index (χ4v) is 2.57. The van der Waals surface area contributed by atoms with Gasteiger partial charge in [0.25, 0.3) is 0 Å². The Kier molecular flexibility index (Phi) is 3.80. The summed E-state index contributed by atoms with van der Waals surface area (Å²) in [5, 5.41) is 12.1. The average molecular weight is 278 g/mol. The van der Waals surface area contributed by atoms with Crippen molar-refractivity contribution in [1.29, 1.82) is 0 Å². The summed E-state index contributed by atoms with van der Waals surface area (Å²) in [5.41, 5.74) is 0.908. The molecule has 0 fully saturated rings. The number of fused-ring (bicyclic) bond motifs is 1. The SMILES string of the molecule is CC(C)CC(=O)Nc1nc2ccc(C(=O)O)cc2s1. The van der Waals surface area contributed by atoms with Gasteiger partial charge in [-0.2, -0.15) is 0 Å². The molecule has 0 aliphatic carbocycles. The molecule has 1 amide bonds. The van der Waals surface area contributed by atoms with E-state index in [4.69, 9.17) is 5.11 Å². The van der Waals surface area contributed by atoms with Gasteiger partial charge in [-0.3, -0.25) is 4.79 Å². The highest BCUT2D eigenvalue weighted by Gasteiger charge is 2.11. The molecule has 0 saturated heterocycles. The molecule has 1 heterocycles. The third-order valence-electron chi connectivity index (χ3n) is 2.48. The zero-order valence-corrected chi connectivity index (χ0v) is 11.5. The first-order valence-electron chi connectivity index (χ1n) is 5.89. The molecule has 5 nitrogen and oxygen atoms in total. The number of amides is 1. The molecular formula is C13H14N2O3S. The summed E-state index contributed by atoms with van der Waals surface area (Å²) in [6.07, 6.45) is 0.441. The number of thiazole rings is 1. The Morgan fingerprint density at radius 2 is 2.16 bits per heavy atom. The summed E-state index contributed by atoms with van der Waals surface area (Å²) < 4.78 is 0.750. The van der Waals surface area contributed by atoms with Gasteiger partial charge in [0.1, 0.15) is 0 Å². The quantitative estimate of drug-likeness (QED) is 0.901. The summed E-state index contributed by atoms with van der Waals surface area (Å²) in [7, 11) is 0. The summed E-state index contributed by atoms with van der Waals surface area (Å²) in [5.74, 6) is -0.763. The smallest absolute Gasteiger partial charge is 0.335 e. The van der Waals surface area contributed by atoms with Gasteiger partial charge in [0.2, 0.25) is 5.91 Å². The van der Waals surface area contributed by atoms with Crippen LogP contribution < -0.4 is 5.32 Å². The minimum atomic E-state index is -0.972. The van der Waals surface area contributed by atoms with E-state index in [-0.39, 0.29) is 17.4 Å². The van der Waals surface area contributed by atoms with Crippen LogP contribution in [-0.2, 0) is 4.79 Å². The van der Waals surface area contributed by atoms with E-state index in [9.17, 15) is 9.59 Å². The zero-order valence-electron chi connectivity index (χ0n) is 10.6. The molecule has 0 spiro atoms. The van der Waals surface area contributed by atoms with Crippen LogP contribution in [0.4, 0.5) is 5.13 Å². The predicted octanol–water partition coefficient (Wildman–Crippen LogP) is 2.98. The van der Waals surface area contributed by atoms with Crippen molar-refractivity contribution in [2.24, 2.45) is 5.92 Å². The second-order valence-electron chi connectivity index (χ2n) is 4.65. The fraction of sp³-hybridized carbons (Fsp3) is 0.308. The maximum absolute atomic E-state index is 11.6. The molecule has 2 aromatic rings. The van der Waals surface area contributed by atoms with E-state index >= 15 is 0 Å². The van der Waals surface area contributed by atoms with Crippen molar-refractivity contribution in [2.75, 3.05) is 5.32 Å². The van der Waals surface area contributed by atoms with Crippen LogP contribution in [-0.4, -0.2) is 22.0 Å². The first kappa shape index (κ1) is 13.5. The largest absolute Gasteiger partial charge is 0.478 e. The molecule has 0 aliphatic rings. The monoisotopic (exact) mass is 278 g/mol. The Morgan fingerprint density at radius 3 is 2.79 bits per heavy atom. The van der Waals surface area contributed by atoms with Gasteiger partial charge >= 0.3 is 5.97 Å². The lowest BCUT2D eigenvalue weighted by Crippen LogP contribution is -2.13. The van der Waals surface area contributed by atoms with E-state index in [0.29, 0.717) is 17.1 Å². The number of benzene rings is 1. The zero-order chi connectivity index (χ0) is 14.0. The molecule has 100 valence electrons. The van der Waals surface area contributed by atoms with Crippen LogP contribution in [0.3, 0.4) is 0 Å². The number of anilines is 1. The van der Waals surface area contributed by atoms with E-state index < -0.39 is 5.97 Å². The number of nitrogens with zero attached hydrogens (tertiary/aromatic N) is 1. The summed E-state index contributed by atoms with van der Waals surface area (Å²) in [6.45, 7) is 3.94. The highest BCUT2D eigenvalue weighted by molar-refractivity contribution is 7.22. The van der Waals surface area contributed by atoms with E-state index in [1.807, 2.05) is 13.8 Å². The molecule has 0 bridgehead atoms. The minimum absolute atomic E-state index is 0.0764. The average Bonchev–Trinajstić information content (AvgIpc) is 2.68. The molecular weight excluding hydrogens is 264 g/mol. The van der Waals surface area contributed by atoms with Gasteiger partial charge in [-0.1, -0.05) is 25.2 Å². The van der Waals surface area contributed by atoms with Crippen molar-refractivity contribution in [3.63, 3.8) is 0 Å². The Labute approximate surface area is 114 Å². The van der Waals surface area contributed by atoms with Crippen LogP contribution in [0.5, 0.6) is 0 Å². The van der Waals surface area contributed by atoms with Crippen molar-refractivity contribution in [3.05, 3.63) is 23.8 Å². The fourth-order valence-electron chi connectivity index (χ4n) is 1.65. The Hall–Kier alpha value is -1.95. The topological polar surface area (TPSA) is 79.3 Å². The predicted molar refractivity (Wildman–Crippen MR) is 74.7 cm³/mol. The molecule has 0 atom stereocenters. The van der Waals surface area contributed by atoms with Crippen molar-refractivity contribution >= 4 is 38.6 Å².